The van der Waals surface area contributed by atoms with Crippen LogP contribution in [-0.4, -0.2) is 3.79 Å². The van der Waals surface area contributed by atoms with E-state index in [0.717, 1.165) is 19.3 Å². The van der Waals surface area contributed by atoms with E-state index in [1.54, 1.807) is 0 Å². The lowest BCUT2D eigenvalue weighted by Gasteiger charge is -2.09. The minimum absolute atomic E-state index is 0.629. The van der Waals surface area contributed by atoms with Crippen LogP contribution in [0.4, 0.5) is 0 Å². The van der Waals surface area contributed by atoms with E-state index in [9.17, 15) is 0 Å². The average molecular weight is 252 g/mol. The van der Waals surface area contributed by atoms with Gasteiger partial charge in [-0.3, -0.25) is 0 Å². The van der Waals surface area contributed by atoms with Crippen molar-refractivity contribution in [2.45, 2.75) is 29.5 Å². The zero-order valence-electron chi connectivity index (χ0n) is 7.85. The lowest BCUT2D eigenvalue weighted by molar-refractivity contribution is 0.690. The Morgan fingerprint density at radius 1 is 0.929 bits per heavy atom. The molecule has 0 heterocycles. The Bertz CT molecular complexity index is 251. The molecule has 0 fully saturated rings. The predicted octanol–water partition coefficient (Wildman–Crippen LogP) is 4.77. The number of benzene rings is 1. The SMILES string of the molecule is ClC(Cl)(Cl)CCCCc1ccccc1. The molecule has 0 aliphatic rings. The van der Waals surface area contributed by atoms with Crippen LogP contribution in [0.3, 0.4) is 0 Å². The highest BCUT2D eigenvalue weighted by atomic mass is 35.6. The summed E-state index contributed by atoms with van der Waals surface area (Å²) in [5, 5.41) is 0. The van der Waals surface area contributed by atoms with Crippen molar-refractivity contribution in [1.82, 2.24) is 0 Å². The molecule has 0 amide bonds. The number of hydrogen-bond acceptors (Lipinski definition) is 0. The minimum atomic E-state index is -1.09. The van der Waals surface area contributed by atoms with E-state index in [2.05, 4.69) is 12.1 Å². The van der Waals surface area contributed by atoms with Gasteiger partial charge in [0.1, 0.15) is 0 Å². The first-order chi connectivity index (χ1) is 6.58. The second-order valence-corrected chi connectivity index (χ2v) is 5.82. The molecule has 0 spiro atoms. The van der Waals surface area contributed by atoms with Gasteiger partial charge in [0.25, 0.3) is 0 Å². The Balaban J connectivity index is 2.17. The first kappa shape index (κ1) is 12.2. The lowest BCUT2D eigenvalue weighted by Crippen LogP contribution is -2.01. The van der Waals surface area contributed by atoms with Crippen molar-refractivity contribution in [2.75, 3.05) is 0 Å². The largest absolute Gasteiger partial charge is 0.190 e. The second-order valence-electron chi connectivity index (χ2n) is 3.31. The van der Waals surface area contributed by atoms with Crippen LogP contribution in [0.1, 0.15) is 24.8 Å². The van der Waals surface area contributed by atoms with Crippen LogP contribution in [-0.2, 0) is 6.42 Å². The van der Waals surface area contributed by atoms with Gasteiger partial charge in [-0.05, 0) is 31.2 Å². The van der Waals surface area contributed by atoms with Gasteiger partial charge in [-0.2, -0.15) is 0 Å². The van der Waals surface area contributed by atoms with Gasteiger partial charge in [0, 0.05) is 0 Å². The fourth-order valence-corrected chi connectivity index (χ4v) is 1.70. The van der Waals surface area contributed by atoms with Crippen LogP contribution >= 0.6 is 34.8 Å². The molecule has 0 aliphatic carbocycles. The van der Waals surface area contributed by atoms with Gasteiger partial charge in [0.15, 0.2) is 3.79 Å². The summed E-state index contributed by atoms with van der Waals surface area (Å²) in [6, 6.07) is 10.4. The van der Waals surface area contributed by atoms with E-state index in [-0.39, 0.29) is 0 Å². The molecule has 78 valence electrons. The number of unbranched alkanes of at least 4 members (excludes halogenated alkanes) is 1. The Hall–Kier alpha value is 0.0900. The van der Waals surface area contributed by atoms with Gasteiger partial charge in [0.05, 0.1) is 0 Å². The van der Waals surface area contributed by atoms with Crippen molar-refractivity contribution in [3.8, 4) is 0 Å². The smallest absolute Gasteiger partial charge is 0.0837 e. The van der Waals surface area contributed by atoms with Gasteiger partial charge >= 0.3 is 0 Å². The van der Waals surface area contributed by atoms with Crippen LogP contribution in [0, 0.1) is 0 Å². The van der Waals surface area contributed by atoms with E-state index in [1.807, 2.05) is 18.2 Å². The molecule has 0 saturated carbocycles. The van der Waals surface area contributed by atoms with E-state index < -0.39 is 3.79 Å². The van der Waals surface area contributed by atoms with Gasteiger partial charge in [-0.1, -0.05) is 65.1 Å². The molecular weight excluding hydrogens is 238 g/mol. The molecule has 0 aliphatic heterocycles. The molecule has 0 atom stereocenters. The second kappa shape index (κ2) is 5.85. The van der Waals surface area contributed by atoms with Crippen molar-refractivity contribution in [1.29, 1.82) is 0 Å². The summed E-state index contributed by atoms with van der Waals surface area (Å²) in [6.07, 6.45) is 3.70. The standard InChI is InChI=1S/C11H13Cl3/c12-11(13,14)9-5-4-8-10-6-2-1-3-7-10/h1-3,6-7H,4-5,8-9H2. The molecule has 0 nitrogen and oxygen atoms in total. The summed E-state index contributed by atoms with van der Waals surface area (Å²) in [6.45, 7) is 0. The zero-order valence-corrected chi connectivity index (χ0v) is 10.1. The average Bonchev–Trinajstić information content (AvgIpc) is 2.13. The van der Waals surface area contributed by atoms with Crippen LogP contribution in [0.2, 0.25) is 0 Å². The minimum Gasteiger partial charge on any atom is -0.0837 e. The molecule has 1 rings (SSSR count). The fourth-order valence-electron chi connectivity index (χ4n) is 1.30. The molecule has 0 bridgehead atoms. The van der Waals surface area contributed by atoms with E-state index in [0.29, 0.717) is 6.42 Å². The van der Waals surface area contributed by atoms with E-state index in [1.165, 1.54) is 5.56 Å². The molecular formula is C11H13Cl3. The maximum absolute atomic E-state index is 5.65. The van der Waals surface area contributed by atoms with Crippen molar-refractivity contribution in [3.05, 3.63) is 35.9 Å². The number of hydrogen-bond donors (Lipinski definition) is 0. The Labute approximate surface area is 100 Å². The molecule has 14 heavy (non-hydrogen) atoms. The molecule has 0 saturated heterocycles. The maximum Gasteiger partial charge on any atom is 0.190 e. The number of halogens is 3. The summed E-state index contributed by atoms with van der Waals surface area (Å²) in [7, 11) is 0. The van der Waals surface area contributed by atoms with Gasteiger partial charge in [0.2, 0.25) is 0 Å². The van der Waals surface area contributed by atoms with Crippen molar-refractivity contribution >= 4 is 34.8 Å². The van der Waals surface area contributed by atoms with Crippen molar-refractivity contribution in [2.24, 2.45) is 0 Å². The summed E-state index contributed by atoms with van der Waals surface area (Å²) < 4.78 is -1.09. The molecule has 1 aromatic carbocycles. The third kappa shape index (κ3) is 5.74. The van der Waals surface area contributed by atoms with E-state index in [4.69, 9.17) is 34.8 Å². The highest BCUT2D eigenvalue weighted by molar-refractivity contribution is 6.67. The molecule has 1 aromatic rings. The quantitative estimate of drug-likeness (QED) is 0.534. The summed E-state index contributed by atoms with van der Waals surface area (Å²) >= 11 is 16.9. The third-order valence-corrected chi connectivity index (χ3v) is 2.59. The van der Waals surface area contributed by atoms with Gasteiger partial charge in [-0.15, -0.1) is 0 Å². The van der Waals surface area contributed by atoms with E-state index >= 15 is 0 Å². The predicted molar refractivity (Wildman–Crippen MR) is 64.3 cm³/mol. The monoisotopic (exact) mass is 250 g/mol. The van der Waals surface area contributed by atoms with Crippen LogP contribution < -0.4 is 0 Å². The van der Waals surface area contributed by atoms with Gasteiger partial charge in [-0.25, -0.2) is 0 Å². The summed E-state index contributed by atoms with van der Waals surface area (Å²) in [5.74, 6) is 0. The molecule has 0 unspecified atom stereocenters. The number of rotatable bonds is 4. The Morgan fingerprint density at radius 3 is 2.14 bits per heavy atom. The summed E-state index contributed by atoms with van der Waals surface area (Å²) in [4.78, 5) is 0. The zero-order chi connectivity index (χ0) is 10.4. The first-order valence-electron chi connectivity index (χ1n) is 4.68. The maximum atomic E-state index is 5.65. The molecule has 0 N–H and O–H groups in total. The molecule has 0 radical (unpaired) electrons. The molecule has 3 heteroatoms. The Kier molecular flexibility index (Phi) is 5.08. The van der Waals surface area contributed by atoms with Crippen molar-refractivity contribution in [3.63, 3.8) is 0 Å². The molecule has 0 aromatic heterocycles. The van der Waals surface area contributed by atoms with Crippen molar-refractivity contribution < 1.29 is 0 Å². The highest BCUT2D eigenvalue weighted by Crippen LogP contribution is 2.31. The van der Waals surface area contributed by atoms with Gasteiger partial charge < -0.3 is 0 Å². The normalized spacial score (nSPS) is 11.6. The number of alkyl halides is 3. The van der Waals surface area contributed by atoms with Crippen LogP contribution in [0.5, 0.6) is 0 Å². The highest BCUT2D eigenvalue weighted by Gasteiger charge is 2.17. The lowest BCUT2D eigenvalue weighted by atomic mass is 10.1. The first-order valence-corrected chi connectivity index (χ1v) is 5.82. The Morgan fingerprint density at radius 2 is 1.57 bits per heavy atom. The summed E-state index contributed by atoms with van der Waals surface area (Å²) in [5.41, 5.74) is 1.34. The fraction of sp³-hybridized carbons (Fsp3) is 0.455. The van der Waals surface area contributed by atoms with Crippen LogP contribution in [0.25, 0.3) is 0 Å². The van der Waals surface area contributed by atoms with Crippen LogP contribution in [0.15, 0.2) is 30.3 Å². The topological polar surface area (TPSA) is 0 Å². The number of aryl methyl sites for hydroxylation is 1. The third-order valence-electron chi connectivity index (χ3n) is 2.02.